The number of nitrogens with zero attached hydrogens (tertiary/aromatic N) is 1. The van der Waals surface area contributed by atoms with E-state index in [0.717, 1.165) is 12.8 Å². The molecule has 4 rings (SSSR count). The molecule has 0 saturated heterocycles. The second kappa shape index (κ2) is 7.92. The maximum atomic E-state index is 12.7. The van der Waals surface area contributed by atoms with Gasteiger partial charge in [0.2, 0.25) is 5.88 Å². The molecule has 1 aliphatic carbocycles. The maximum absolute atomic E-state index is 12.7. The minimum atomic E-state index is -0.339. The Labute approximate surface area is 162 Å². The van der Waals surface area contributed by atoms with Crippen LogP contribution < -0.4 is 15.4 Å². The molecule has 0 spiro atoms. The Bertz CT molecular complexity index is 983. The van der Waals surface area contributed by atoms with Crippen molar-refractivity contribution >= 4 is 17.5 Å². The first-order chi connectivity index (χ1) is 13.7. The van der Waals surface area contributed by atoms with Crippen LogP contribution in [0.2, 0.25) is 0 Å². The van der Waals surface area contributed by atoms with Crippen molar-refractivity contribution in [1.29, 1.82) is 0 Å². The van der Waals surface area contributed by atoms with E-state index < -0.39 is 0 Å². The third-order valence-corrected chi connectivity index (χ3v) is 4.29. The van der Waals surface area contributed by atoms with Crippen LogP contribution in [0, 0.1) is 0 Å². The van der Waals surface area contributed by atoms with Gasteiger partial charge in [-0.05, 0) is 61.4 Å². The molecule has 28 heavy (non-hydrogen) atoms. The predicted octanol–water partition coefficient (Wildman–Crippen LogP) is 4.02. The number of carbonyl (C=O) groups excluding carboxylic acids is 2. The zero-order valence-electron chi connectivity index (χ0n) is 15.1. The molecule has 2 amide bonds. The first-order valence-electron chi connectivity index (χ1n) is 9.09. The van der Waals surface area contributed by atoms with E-state index in [1.165, 1.54) is 0 Å². The van der Waals surface area contributed by atoms with Gasteiger partial charge >= 0.3 is 0 Å². The number of nitrogens with one attached hydrogen (secondary N) is 2. The molecule has 6 nitrogen and oxygen atoms in total. The average Bonchev–Trinajstić information content (AvgIpc) is 3.53. The standard InChI is InChI=1S/C22H19N3O3/c26-20(24-17-12-13-17)15-8-10-16(11-9-15)25-21(27)19-7-4-14-23-22(19)28-18-5-2-1-3-6-18/h1-11,14,17H,12-13H2,(H,24,26)(H,25,27). The van der Waals surface area contributed by atoms with E-state index in [0.29, 0.717) is 28.6 Å². The third kappa shape index (κ3) is 4.35. The number of hydrogen-bond donors (Lipinski definition) is 2. The summed E-state index contributed by atoms with van der Waals surface area (Å²) in [4.78, 5) is 28.9. The number of anilines is 1. The lowest BCUT2D eigenvalue weighted by Gasteiger charge is -2.11. The second-order valence-electron chi connectivity index (χ2n) is 6.55. The van der Waals surface area contributed by atoms with Gasteiger partial charge < -0.3 is 15.4 Å². The molecule has 1 fully saturated rings. The van der Waals surface area contributed by atoms with Crippen molar-refractivity contribution < 1.29 is 14.3 Å². The topological polar surface area (TPSA) is 80.3 Å². The number of rotatable bonds is 6. The average molecular weight is 373 g/mol. The number of para-hydroxylation sites is 1. The van der Waals surface area contributed by atoms with Gasteiger partial charge in [0.25, 0.3) is 11.8 Å². The van der Waals surface area contributed by atoms with Crippen LogP contribution in [0.15, 0.2) is 72.9 Å². The van der Waals surface area contributed by atoms with Crippen LogP contribution in [0.1, 0.15) is 33.6 Å². The third-order valence-electron chi connectivity index (χ3n) is 4.29. The molecule has 140 valence electrons. The van der Waals surface area contributed by atoms with E-state index in [-0.39, 0.29) is 17.7 Å². The number of carbonyl (C=O) groups is 2. The minimum Gasteiger partial charge on any atom is -0.438 e. The van der Waals surface area contributed by atoms with Gasteiger partial charge in [-0.15, -0.1) is 0 Å². The zero-order valence-corrected chi connectivity index (χ0v) is 15.1. The molecule has 1 aromatic heterocycles. The van der Waals surface area contributed by atoms with Gasteiger partial charge in [-0.1, -0.05) is 18.2 Å². The van der Waals surface area contributed by atoms with Crippen LogP contribution >= 0.6 is 0 Å². The Hall–Kier alpha value is -3.67. The summed E-state index contributed by atoms with van der Waals surface area (Å²) in [7, 11) is 0. The lowest BCUT2D eigenvalue weighted by molar-refractivity contribution is 0.0950. The fraction of sp³-hybridized carbons (Fsp3) is 0.136. The van der Waals surface area contributed by atoms with Crippen molar-refractivity contribution in [2.24, 2.45) is 0 Å². The summed E-state index contributed by atoms with van der Waals surface area (Å²) in [6.45, 7) is 0. The number of amides is 2. The molecular weight excluding hydrogens is 354 g/mol. The summed E-state index contributed by atoms with van der Waals surface area (Å²) >= 11 is 0. The van der Waals surface area contributed by atoms with Gasteiger partial charge in [0.15, 0.2) is 0 Å². The van der Waals surface area contributed by atoms with Crippen molar-refractivity contribution in [2.45, 2.75) is 18.9 Å². The van der Waals surface area contributed by atoms with E-state index >= 15 is 0 Å². The summed E-state index contributed by atoms with van der Waals surface area (Å²) in [6.07, 6.45) is 3.65. The van der Waals surface area contributed by atoms with E-state index in [2.05, 4.69) is 15.6 Å². The van der Waals surface area contributed by atoms with Crippen molar-refractivity contribution in [1.82, 2.24) is 10.3 Å². The van der Waals surface area contributed by atoms with Crippen molar-refractivity contribution in [3.63, 3.8) is 0 Å². The number of pyridine rings is 1. The summed E-state index contributed by atoms with van der Waals surface area (Å²) < 4.78 is 5.74. The SMILES string of the molecule is O=C(NC1CC1)c1ccc(NC(=O)c2cccnc2Oc2ccccc2)cc1. The highest BCUT2D eigenvalue weighted by molar-refractivity contribution is 6.06. The highest BCUT2D eigenvalue weighted by Gasteiger charge is 2.23. The Morgan fingerprint density at radius 1 is 0.893 bits per heavy atom. The molecule has 1 saturated carbocycles. The fourth-order valence-electron chi connectivity index (χ4n) is 2.64. The predicted molar refractivity (Wildman–Crippen MR) is 106 cm³/mol. The quantitative estimate of drug-likeness (QED) is 0.684. The Kier molecular flexibility index (Phi) is 5.01. The molecule has 3 aromatic rings. The maximum Gasteiger partial charge on any atom is 0.261 e. The fourth-order valence-corrected chi connectivity index (χ4v) is 2.64. The molecule has 0 radical (unpaired) electrons. The summed E-state index contributed by atoms with van der Waals surface area (Å²) in [6, 6.07) is 19.6. The molecule has 1 aliphatic rings. The van der Waals surface area contributed by atoms with E-state index in [4.69, 9.17) is 4.74 Å². The Balaban J connectivity index is 1.45. The summed E-state index contributed by atoms with van der Waals surface area (Å²) in [5.74, 6) is 0.397. The molecule has 0 aliphatic heterocycles. The molecule has 2 N–H and O–H groups in total. The number of hydrogen-bond acceptors (Lipinski definition) is 4. The van der Waals surface area contributed by atoms with Crippen LogP contribution in [-0.2, 0) is 0 Å². The van der Waals surface area contributed by atoms with E-state index in [1.54, 1.807) is 54.7 Å². The number of benzene rings is 2. The monoisotopic (exact) mass is 373 g/mol. The number of ether oxygens (including phenoxy) is 1. The molecular formula is C22H19N3O3. The largest absolute Gasteiger partial charge is 0.438 e. The van der Waals surface area contributed by atoms with E-state index in [9.17, 15) is 9.59 Å². The van der Waals surface area contributed by atoms with Gasteiger partial charge in [0.05, 0.1) is 0 Å². The summed E-state index contributed by atoms with van der Waals surface area (Å²) in [5, 5.41) is 5.75. The van der Waals surface area contributed by atoms with Crippen molar-refractivity contribution in [2.75, 3.05) is 5.32 Å². The van der Waals surface area contributed by atoms with Crippen molar-refractivity contribution in [3.8, 4) is 11.6 Å². The highest BCUT2D eigenvalue weighted by atomic mass is 16.5. The lowest BCUT2D eigenvalue weighted by atomic mass is 10.2. The highest BCUT2D eigenvalue weighted by Crippen LogP contribution is 2.24. The molecule has 0 unspecified atom stereocenters. The van der Waals surface area contributed by atoms with Gasteiger partial charge in [0.1, 0.15) is 11.3 Å². The van der Waals surface area contributed by atoms with Crippen LogP contribution in [-0.4, -0.2) is 22.8 Å². The molecule has 2 aromatic carbocycles. The van der Waals surface area contributed by atoms with Gasteiger partial charge in [-0.2, -0.15) is 0 Å². The smallest absolute Gasteiger partial charge is 0.261 e. The van der Waals surface area contributed by atoms with Gasteiger partial charge in [-0.25, -0.2) is 4.98 Å². The zero-order chi connectivity index (χ0) is 19.3. The minimum absolute atomic E-state index is 0.0915. The second-order valence-corrected chi connectivity index (χ2v) is 6.55. The Morgan fingerprint density at radius 2 is 1.64 bits per heavy atom. The molecule has 1 heterocycles. The molecule has 0 atom stereocenters. The van der Waals surface area contributed by atoms with Gasteiger partial charge in [0, 0.05) is 23.5 Å². The van der Waals surface area contributed by atoms with Crippen LogP contribution in [0.4, 0.5) is 5.69 Å². The van der Waals surface area contributed by atoms with Crippen molar-refractivity contribution in [3.05, 3.63) is 84.1 Å². The Morgan fingerprint density at radius 3 is 2.36 bits per heavy atom. The molecule has 6 heteroatoms. The molecule has 0 bridgehead atoms. The summed E-state index contributed by atoms with van der Waals surface area (Å²) in [5.41, 5.74) is 1.48. The van der Waals surface area contributed by atoms with Gasteiger partial charge in [-0.3, -0.25) is 9.59 Å². The van der Waals surface area contributed by atoms with Crippen LogP contribution in [0.25, 0.3) is 0 Å². The van der Waals surface area contributed by atoms with Crippen LogP contribution in [0.5, 0.6) is 11.6 Å². The first-order valence-corrected chi connectivity index (χ1v) is 9.09. The van der Waals surface area contributed by atoms with E-state index in [1.807, 2.05) is 18.2 Å². The number of aromatic nitrogens is 1. The first kappa shape index (κ1) is 17.7. The van der Waals surface area contributed by atoms with Crippen LogP contribution in [0.3, 0.4) is 0 Å². The normalized spacial score (nSPS) is 12.9. The lowest BCUT2D eigenvalue weighted by Crippen LogP contribution is -2.25.